The number of nitrogens with one attached hydrogen (secondary N) is 2. The zero-order chi connectivity index (χ0) is 17.5. The topological polar surface area (TPSA) is 66.6 Å². The SMILES string of the molecule is CCNC(=NCCc1nnc2ccccn12)NC1CCCC(CC)C1.I. The Morgan fingerprint density at radius 1 is 1.27 bits per heavy atom. The quantitative estimate of drug-likeness (QED) is 0.386. The number of hydrogen-bond donors (Lipinski definition) is 2. The lowest BCUT2D eigenvalue weighted by molar-refractivity contribution is 0.298. The molecule has 6 nitrogen and oxygen atoms in total. The van der Waals surface area contributed by atoms with Crippen LogP contribution in [0.2, 0.25) is 0 Å². The highest BCUT2D eigenvalue weighted by atomic mass is 127. The van der Waals surface area contributed by atoms with E-state index in [0.29, 0.717) is 12.6 Å². The van der Waals surface area contributed by atoms with Crippen LogP contribution in [-0.4, -0.2) is 39.7 Å². The maximum absolute atomic E-state index is 4.75. The number of halogens is 1. The summed E-state index contributed by atoms with van der Waals surface area (Å²) >= 11 is 0. The second-order valence-corrected chi connectivity index (χ2v) is 6.84. The van der Waals surface area contributed by atoms with Gasteiger partial charge in [0.2, 0.25) is 0 Å². The number of hydrogen-bond acceptors (Lipinski definition) is 3. The molecule has 1 fully saturated rings. The van der Waals surface area contributed by atoms with Gasteiger partial charge in [-0.05, 0) is 37.8 Å². The van der Waals surface area contributed by atoms with Crippen LogP contribution in [0.3, 0.4) is 0 Å². The van der Waals surface area contributed by atoms with Crippen molar-refractivity contribution in [2.75, 3.05) is 13.1 Å². The summed E-state index contributed by atoms with van der Waals surface area (Å²) in [5.41, 5.74) is 0.888. The summed E-state index contributed by atoms with van der Waals surface area (Å²) in [5, 5.41) is 15.5. The fourth-order valence-electron chi connectivity index (χ4n) is 3.64. The molecule has 26 heavy (non-hydrogen) atoms. The summed E-state index contributed by atoms with van der Waals surface area (Å²) in [5.74, 6) is 2.74. The molecule has 0 amide bonds. The van der Waals surface area contributed by atoms with E-state index < -0.39 is 0 Å². The number of fused-ring (bicyclic) bond motifs is 1. The second kappa shape index (κ2) is 10.7. The molecule has 2 aromatic rings. The van der Waals surface area contributed by atoms with Crippen LogP contribution in [0.15, 0.2) is 29.4 Å². The van der Waals surface area contributed by atoms with E-state index in [1.807, 2.05) is 28.8 Å². The molecule has 2 atom stereocenters. The summed E-state index contributed by atoms with van der Waals surface area (Å²) in [6.45, 7) is 5.99. The van der Waals surface area contributed by atoms with E-state index in [-0.39, 0.29) is 24.0 Å². The van der Waals surface area contributed by atoms with E-state index >= 15 is 0 Å². The number of pyridine rings is 1. The number of rotatable bonds is 6. The monoisotopic (exact) mass is 470 g/mol. The fraction of sp³-hybridized carbons (Fsp3) is 0.632. The lowest BCUT2D eigenvalue weighted by Crippen LogP contribution is -2.45. The van der Waals surface area contributed by atoms with Crippen LogP contribution in [-0.2, 0) is 6.42 Å². The fourth-order valence-corrected chi connectivity index (χ4v) is 3.64. The van der Waals surface area contributed by atoms with Crippen molar-refractivity contribution in [3.63, 3.8) is 0 Å². The van der Waals surface area contributed by atoms with Crippen molar-refractivity contribution < 1.29 is 0 Å². The molecule has 0 aromatic carbocycles. The van der Waals surface area contributed by atoms with E-state index in [0.717, 1.165) is 36.3 Å². The minimum atomic E-state index is 0. The van der Waals surface area contributed by atoms with Crippen molar-refractivity contribution in [3.05, 3.63) is 30.2 Å². The molecule has 0 spiro atoms. The minimum absolute atomic E-state index is 0. The molecular formula is C19H31IN6. The van der Waals surface area contributed by atoms with Crippen molar-refractivity contribution in [1.29, 1.82) is 0 Å². The van der Waals surface area contributed by atoms with Gasteiger partial charge in [-0.25, -0.2) is 0 Å². The van der Waals surface area contributed by atoms with E-state index in [1.165, 1.54) is 32.1 Å². The van der Waals surface area contributed by atoms with Gasteiger partial charge in [-0.1, -0.05) is 32.3 Å². The van der Waals surface area contributed by atoms with E-state index in [2.05, 4.69) is 34.7 Å². The molecule has 2 heterocycles. The molecule has 2 unspecified atom stereocenters. The third-order valence-electron chi connectivity index (χ3n) is 5.03. The Balaban J connectivity index is 0.00000243. The van der Waals surface area contributed by atoms with Gasteiger partial charge in [0.05, 0.1) is 0 Å². The molecule has 0 radical (unpaired) electrons. The summed E-state index contributed by atoms with van der Waals surface area (Å²) < 4.78 is 2.03. The van der Waals surface area contributed by atoms with Gasteiger partial charge < -0.3 is 10.6 Å². The van der Waals surface area contributed by atoms with Gasteiger partial charge in [-0.3, -0.25) is 9.39 Å². The Morgan fingerprint density at radius 2 is 2.15 bits per heavy atom. The smallest absolute Gasteiger partial charge is 0.191 e. The molecule has 1 aliphatic rings. The van der Waals surface area contributed by atoms with Gasteiger partial charge in [-0.15, -0.1) is 34.2 Å². The Hall–Kier alpha value is -1.38. The van der Waals surface area contributed by atoms with E-state index in [1.54, 1.807) is 0 Å². The van der Waals surface area contributed by atoms with Crippen molar-refractivity contribution in [2.24, 2.45) is 10.9 Å². The zero-order valence-corrected chi connectivity index (χ0v) is 18.1. The Kier molecular flexibility index (Phi) is 8.61. The van der Waals surface area contributed by atoms with E-state index in [9.17, 15) is 0 Å². The van der Waals surface area contributed by atoms with Crippen molar-refractivity contribution in [1.82, 2.24) is 25.2 Å². The Bertz CT molecular complexity index is 698. The predicted molar refractivity (Wildman–Crippen MR) is 117 cm³/mol. The van der Waals surface area contributed by atoms with Gasteiger partial charge in [0.25, 0.3) is 0 Å². The van der Waals surface area contributed by atoms with Crippen molar-refractivity contribution >= 4 is 35.6 Å². The number of guanidine groups is 1. The molecule has 0 saturated heterocycles. The minimum Gasteiger partial charge on any atom is -0.357 e. The van der Waals surface area contributed by atoms with Crippen LogP contribution in [0.25, 0.3) is 5.65 Å². The standard InChI is InChI=1S/C19H30N6.HI/c1-3-15-8-7-9-16(14-15)22-19(20-4-2)21-12-11-18-24-23-17-10-5-6-13-25(17)18;/h5-6,10,13,15-16H,3-4,7-9,11-12,14H2,1-2H3,(H2,20,21,22);1H. The third-order valence-corrected chi connectivity index (χ3v) is 5.03. The first-order valence-electron chi connectivity index (χ1n) is 9.63. The average molecular weight is 470 g/mol. The highest BCUT2D eigenvalue weighted by molar-refractivity contribution is 14.0. The zero-order valence-electron chi connectivity index (χ0n) is 15.8. The highest BCUT2D eigenvalue weighted by Crippen LogP contribution is 2.26. The normalized spacial score (nSPS) is 20.6. The summed E-state index contributed by atoms with van der Waals surface area (Å²) in [4.78, 5) is 4.75. The molecule has 2 aromatic heterocycles. The van der Waals surface area contributed by atoms with Gasteiger partial charge >= 0.3 is 0 Å². The molecular weight excluding hydrogens is 439 g/mol. The van der Waals surface area contributed by atoms with Gasteiger partial charge in [0.1, 0.15) is 5.82 Å². The maximum Gasteiger partial charge on any atom is 0.191 e. The van der Waals surface area contributed by atoms with Gasteiger partial charge in [0.15, 0.2) is 11.6 Å². The van der Waals surface area contributed by atoms with Crippen LogP contribution >= 0.6 is 24.0 Å². The first-order chi connectivity index (χ1) is 12.3. The molecule has 2 N–H and O–H groups in total. The van der Waals surface area contributed by atoms with Crippen molar-refractivity contribution in [3.8, 4) is 0 Å². The van der Waals surface area contributed by atoms with Crippen molar-refractivity contribution in [2.45, 2.75) is 58.4 Å². The molecule has 0 aliphatic heterocycles. The summed E-state index contributed by atoms with van der Waals surface area (Å²) in [6, 6.07) is 6.50. The molecule has 1 saturated carbocycles. The van der Waals surface area contributed by atoms with Crippen LogP contribution in [0, 0.1) is 5.92 Å². The van der Waals surface area contributed by atoms with Crippen LogP contribution in [0.5, 0.6) is 0 Å². The van der Waals surface area contributed by atoms with Gasteiger partial charge in [-0.2, -0.15) is 0 Å². The molecule has 0 bridgehead atoms. The lowest BCUT2D eigenvalue weighted by Gasteiger charge is -2.30. The van der Waals surface area contributed by atoms with Crippen LogP contribution in [0.4, 0.5) is 0 Å². The number of aliphatic imine (C=N–C) groups is 1. The van der Waals surface area contributed by atoms with Crippen LogP contribution < -0.4 is 10.6 Å². The molecule has 144 valence electrons. The first-order valence-corrected chi connectivity index (χ1v) is 9.63. The highest BCUT2D eigenvalue weighted by Gasteiger charge is 2.21. The molecule has 3 rings (SSSR count). The summed E-state index contributed by atoms with van der Waals surface area (Å²) in [6.07, 6.45) is 9.27. The molecule has 7 heteroatoms. The maximum atomic E-state index is 4.75. The van der Waals surface area contributed by atoms with Gasteiger partial charge in [0, 0.05) is 31.7 Å². The second-order valence-electron chi connectivity index (χ2n) is 6.84. The Labute approximate surface area is 173 Å². The molecule has 1 aliphatic carbocycles. The van der Waals surface area contributed by atoms with Crippen LogP contribution in [0.1, 0.15) is 51.8 Å². The number of nitrogens with zero attached hydrogens (tertiary/aromatic N) is 4. The Morgan fingerprint density at radius 3 is 2.96 bits per heavy atom. The predicted octanol–water partition coefficient (Wildman–Crippen LogP) is 3.41. The number of aromatic nitrogens is 3. The average Bonchev–Trinajstić information content (AvgIpc) is 3.05. The largest absolute Gasteiger partial charge is 0.357 e. The summed E-state index contributed by atoms with van der Waals surface area (Å²) in [7, 11) is 0. The van der Waals surface area contributed by atoms with E-state index in [4.69, 9.17) is 4.99 Å². The first kappa shape index (κ1) is 20.9. The third kappa shape index (κ3) is 5.56. The lowest BCUT2D eigenvalue weighted by atomic mass is 9.84.